The molecule has 0 fully saturated rings. The molecular weight excluding hydrogens is 542 g/mol. The highest BCUT2D eigenvalue weighted by Gasteiger charge is 2.17. The Morgan fingerprint density at radius 2 is 0.864 bits per heavy atom. The molecule has 0 radical (unpaired) electrons. The van der Waals surface area contributed by atoms with Crippen molar-refractivity contribution in [1.82, 2.24) is 15.0 Å². The SMILES string of the molecule is c1ccc(-c2ccc3oc4c(-c5ccc(-c6ccnc7c6oc6ccc(-c8ccncc8)cc67)cc5)ccnc4c3c2)cc1. The highest BCUT2D eigenvalue weighted by molar-refractivity contribution is 6.10. The van der Waals surface area contributed by atoms with E-state index in [1.165, 1.54) is 5.56 Å². The molecule has 5 heterocycles. The number of furan rings is 2. The van der Waals surface area contributed by atoms with Crippen molar-refractivity contribution < 1.29 is 8.83 Å². The predicted octanol–water partition coefficient (Wildman–Crippen LogP) is 10.3. The molecule has 0 aliphatic carbocycles. The summed E-state index contributed by atoms with van der Waals surface area (Å²) < 4.78 is 12.8. The Morgan fingerprint density at radius 1 is 0.386 bits per heavy atom. The highest BCUT2D eigenvalue weighted by atomic mass is 16.3. The molecule has 44 heavy (non-hydrogen) atoms. The quantitative estimate of drug-likeness (QED) is 0.212. The van der Waals surface area contributed by atoms with E-state index in [4.69, 9.17) is 18.8 Å². The Bertz CT molecular complexity index is 2300. The fourth-order valence-electron chi connectivity index (χ4n) is 6.13. The van der Waals surface area contributed by atoms with Gasteiger partial charge in [0.25, 0.3) is 0 Å². The van der Waals surface area contributed by atoms with Crippen LogP contribution in [-0.4, -0.2) is 15.0 Å². The molecule has 5 heteroatoms. The molecule has 0 unspecified atom stereocenters. The van der Waals surface area contributed by atoms with Crippen LogP contribution in [0.4, 0.5) is 0 Å². The van der Waals surface area contributed by atoms with Crippen LogP contribution in [-0.2, 0) is 0 Å². The van der Waals surface area contributed by atoms with E-state index in [0.717, 1.165) is 83.1 Å². The molecule has 0 aliphatic rings. The summed E-state index contributed by atoms with van der Waals surface area (Å²) in [6, 6.07) is 39.5. The summed E-state index contributed by atoms with van der Waals surface area (Å²) in [6.45, 7) is 0. The van der Waals surface area contributed by atoms with Gasteiger partial charge in [0.05, 0.1) is 0 Å². The standard InChI is InChI=1S/C39H23N3O2/c1-2-4-24(5-3-1)28-10-12-34-32(22-28)36-38(43-34)30(16-20-41-36)26-6-8-27(9-7-26)31-17-21-42-37-33-23-29(25-14-18-40-19-15-25)11-13-35(33)44-39(31)37/h1-23H. The Morgan fingerprint density at radius 3 is 1.39 bits per heavy atom. The van der Waals surface area contributed by atoms with Crippen LogP contribution in [0.5, 0.6) is 0 Å². The van der Waals surface area contributed by atoms with Gasteiger partial charge in [-0.1, -0.05) is 66.7 Å². The third-order valence-corrected chi connectivity index (χ3v) is 8.33. The number of hydrogen-bond acceptors (Lipinski definition) is 5. The molecule has 0 N–H and O–H groups in total. The van der Waals surface area contributed by atoms with Gasteiger partial charge in [-0.2, -0.15) is 0 Å². The predicted molar refractivity (Wildman–Crippen MR) is 176 cm³/mol. The minimum absolute atomic E-state index is 0.778. The van der Waals surface area contributed by atoms with Gasteiger partial charge < -0.3 is 8.83 Å². The molecule has 0 saturated heterocycles. The zero-order valence-corrected chi connectivity index (χ0v) is 23.4. The van der Waals surface area contributed by atoms with Crippen LogP contribution < -0.4 is 0 Å². The van der Waals surface area contributed by atoms with E-state index >= 15 is 0 Å². The molecule has 5 nitrogen and oxygen atoms in total. The summed E-state index contributed by atoms with van der Waals surface area (Å²) in [6.07, 6.45) is 7.32. The second kappa shape index (κ2) is 9.75. The van der Waals surface area contributed by atoms with Crippen molar-refractivity contribution in [2.75, 3.05) is 0 Å². The Kier molecular flexibility index (Phi) is 5.43. The average molecular weight is 566 g/mol. The van der Waals surface area contributed by atoms with Crippen molar-refractivity contribution in [3.05, 3.63) is 140 Å². The molecule has 206 valence electrons. The number of rotatable bonds is 4. The van der Waals surface area contributed by atoms with Gasteiger partial charge in [-0.25, -0.2) is 0 Å². The zero-order chi connectivity index (χ0) is 29.0. The molecule has 9 rings (SSSR count). The van der Waals surface area contributed by atoms with Crippen LogP contribution in [0.3, 0.4) is 0 Å². The van der Waals surface area contributed by atoms with E-state index < -0.39 is 0 Å². The van der Waals surface area contributed by atoms with Crippen molar-refractivity contribution in [2.24, 2.45) is 0 Å². The normalized spacial score (nSPS) is 11.6. The Balaban J connectivity index is 1.11. The van der Waals surface area contributed by atoms with Gasteiger partial charge in [-0.15, -0.1) is 0 Å². The van der Waals surface area contributed by atoms with E-state index in [2.05, 4.69) is 77.8 Å². The molecule has 0 bridgehead atoms. The van der Waals surface area contributed by atoms with E-state index in [-0.39, 0.29) is 0 Å². The van der Waals surface area contributed by atoms with E-state index in [9.17, 15) is 0 Å². The number of aromatic nitrogens is 3. The third-order valence-electron chi connectivity index (χ3n) is 8.33. The summed E-state index contributed by atoms with van der Waals surface area (Å²) in [7, 11) is 0. The lowest BCUT2D eigenvalue weighted by atomic mass is 9.99. The number of fused-ring (bicyclic) bond motifs is 6. The first-order valence-electron chi connectivity index (χ1n) is 14.5. The highest BCUT2D eigenvalue weighted by Crippen LogP contribution is 2.39. The minimum atomic E-state index is 0.778. The summed E-state index contributed by atoms with van der Waals surface area (Å²) >= 11 is 0. The summed E-state index contributed by atoms with van der Waals surface area (Å²) in [5.74, 6) is 0. The van der Waals surface area contributed by atoms with Crippen LogP contribution in [0, 0.1) is 0 Å². The van der Waals surface area contributed by atoms with E-state index in [0.29, 0.717) is 0 Å². The molecule has 9 aromatic rings. The lowest BCUT2D eigenvalue weighted by Gasteiger charge is -2.06. The maximum absolute atomic E-state index is 6.39. The Labute approximate surface area is 252 Å². The Hall–Kier alpha value is -6.07. The van der Waals surface area contributed by atoms with E-state index in [1.54, 1.807) is 12.4 Å². The molecular formula is C39H23N3O2. The van der Waals surface area contributed by atoms with Crippen LogP contribution in [0.15, 0.2) is 149 Å². The van der Waals surface area contributed by atoms with Gasteiger partial charge in [0.2, 0.25) is 0 Å². The summed E-state index contributed by atoms with van der Waals surface area (Å²) in [4.78, 5) is 13.6. The number of benzene rings is 4. The van der Waals surface area contributed by atoms with Crippen molar-refractivity contribution in [3.63, 3.8) is 0 Å². The zero-order valence-electron chi connectivity index (χ0n) is 23.4. The van der Waals surface area contributed by atoms with Gasteiger partial charge >= 0.3 is 0 Å². The molecule has 0 spiro atoms. The van der Waals surface area contributed by atoms with Crippen molar-refractivity contribution in [3.8, 4) is 44.5 Å². The molecule has 5 aromatic heterocycles. The molecule has 0 amide bonds. The van der Waals surface area contributed by atoms with E-state index in [1.807, 2.05) is 54.9 Å². The first kappa shape index (κ1) is 24.5. The van der Waals surface area contributed by atoms with Crippen LogP contribution in [0.1, 0.15) is 0 Å². The average Bonchev–Trinajstić information content (AvgIpc) is 3.67. The molecule has 0 aliphatic heterocycles. The van der Waals surface area contributed by atoms with Gasteiger partial charge in [0, 0.05) is 46.7 Å². The number of pyridine rings is 3. The lowest BCUT2D eigenvalue weighted by molar-refractivity contribution is 0.669. The second-order valence-electron chi connectivity index (χ2n) is 10.9. The maximum Gasteiger partial charge on any atom is 0.161 e. The third kappa shape index (κ3) is 3.91. The summed E-state index contributed by atoms with van der Waals surface area (Å²) in [5, 5.41) is 2.00. The fraction of sp³-hybridized carbons (Fsp3) is 0. The smallest absolute Gasteiger partial charge is 0.161 e. The fourth-order valence-corrected chi connectivity index (χ4v) is 6.13. The lowest BCUT2D eigenvalue weighted by Crippen LogP contribution is -1.84. The summed E-state index contributed by atoms with van der Waals surface area (Å²) in [5.41, 5.74) is 13.5. The largest absolute Gasteiger partial charge is 0.454 e. The van der Waals surface area contributed by atoms with Crippen LogP contribution >= 0.6 is 0 Å². The molecule has 4 aromatic carbocycles. The van der Waals surface area contributed by atoms with Gasteiger partial charge in [0.1, 0.15) is 22.2 Å². The van der Waals surface area contributed by atoms with Crippen LogP contribution in [0.2, 0.25) is 0 Å². The van der Waals surface area contributed by atoms with Crippen LogP contribution in [0.25, 0.3) is 88.6 Å². The molecule has 0 saturated carbocycles. The number of hydrogen-bond donors (Lipinski definition) is 0. The minimum Gasteiger partial charge on any atom is -0.454 e. The number of nitrogens with zero attached hydrogens (tertiary/aromatic N) is 3. The first-order chi connectivity index (χ1) is 21.8. The maximum atomic E-state index is 6.39. The monoisotopic (exact) mass is 565 g/mol. The van der Waals surface area contributed by atoms with Gasteiger partial charge in [-0.05, 0) is 81.9 Å². The first-order valence-corrected chi connectivity index (χ1v) is 14.5. The van der Waals surface area contributed by atoms with Crippen molar-refractivity contribution in [2.45, 2.75) is 0 Å². The second-order valence-corrected chi connectivity index (χ2v) is 10.9. The van der Waals surface area contributed by atoms with Crippen molar-refractivity contribution >= 4 is 44.1 Å². The van der Waals surface area contributed by atoms with Gasteiger partial charge in [-0.3, -0.25) is 15.0 Å². The van der Waals surface area contributed by atoms with Crippen molar-refractivity contribution in [1.29, 1.82) is 0 Å². The molecule has 0 atom stereocenters. The topological polar surface area (TPSA) is 65.0 Å². The van der Waals surface area contributed by atoms with Gasteiger partial charge in [0.15, 0.2) is 11.2 Å².